The van der Waals surface area contributed by atoms with E-state index in [9.17, 15) is 15.3 Å². The molecule has 1 aliphatic rings. The van der Waals surface area contributed by atoms with Gasteiger partial charge in [-0.2, -0.15) is 0 Å². The third kappa shape index (κ3) is 3.28. The van der Waals surface area contributed by atoms with Crippen LogP contribution in [0.25, 0.3) is 11.2 Å². The minimum absolute atomic E-state index is 0.401. The predicted molar refractivity (Wildman–Crippen MR) is 104 cm³/mol. The van der Waals surface area contributed by atoms with Gasteiger partial charge in [0.2, 0.25) is 0 Å². The van der Waals surface area contributed by atoms with Gasteiger partial charge in [0.05, 0.1) is 25.7 Å². The highest BCUT2D eigenvalue weighted by atomic mass is 35.5. The van der Waals surface area contributed by atoms with E-state index >= 15 is 0 Å². The van der Waals surface area contributed by atoms with Gasteiger partial charge in [-0.1, -0.05) is 11.6 Å². The maximum atomic E-state index is 10.3. The van der Waals surface area contributed by atoms with Crippen LogP contribution in [-0.2, 0) is 4.74 Å². The Balaban J connectivity index is 1.77. The molecule has 2 aromatic heterocycles. The largest absolute Gasteiger partial charge is 0.495 e. The summed E-state index contributed by atoms with van der Waals surface area (Å²) in [6.07, 6.45) is -1.49. The smallest absolute Gasteiger partial charge is 0.167 e. The Kier molecular flexibility index (Phi) is 5.28. The fraction of sp³-hybridized carbons (Fsp3) is 0.389. The molecule has 0 spiro atoms. The van der Waals surface area contributed by atoms with Crippen LogP contribution >= 0.6 is 11.6 Å². The number of nitrogens with zero attached hydrogens (tertiary/aromatic N) is 5. The number of fused-ring (bicyclic) bond motifs is 1. The molecule has 4 atom stereocenters. The number of imidazole rings is 1. The third-order valence-corrected chi connectivity index (χ3v) is 5.19. The number of aromatic nitrogens is 4. The Morgan fingerprint density at radius 1 is 1.24 bits per heavy atom. The number of hydrogen-bond acceptors (Lipinski definition) is 9. The molecule has 3 aromatic rings. The maximum Gasteiger partial charge on any atom is 0.167 e. The Hall–Kier alpha value is -2.50. The molecule has 1 aliphatic heterocycles. The number of aliphatic hydroxyl groups excluding tert-OH is 3. The summed E-state index contributed by atoms with van der Waals surface area (Å²) in [5.41, 5.74) is 1.54. The van der Waals surface area contributed by atoms with E-state index in [0.717, 1.165) is 0 Å². The van der Waals surface area contributed by atoms with Crippen LogP contribution in [0.2, 0.25) is 5.02 Å². The van der Waals surface area contributed by atoms with Gasteiger partial charge in [-0.3, -0.25) is 4.57 Å². The molecule has 0 bridgehead atoms. The van der Waals surface area contributed by atoms with Gasteiger partial charge in [-0.25, -0.2) is 15.0 Å². The maximum absolute atomic E-state index is 10.3. The van der Waals surface area contributed by atoms with Crippen molar-refractivity contribution in [2.45, 2.75) is 24.5 Å². The van der Waals surface area contributed by atoms with E-state index < -0.39 is 31.1 Å². The first kappa shape index (κ1) is 19.8. The van der Waals surface area contributed by atoms with Crippen LogP contribution < -0.4 is 9.64 Å². The van der Waals surface area contributed by atoms with Crippen molar-refractivity contribution in [3.8, 4) is 5.75 Å². The zero-order valence-electron chi connectivity index (χ0n) is 15.7. The standard InChI is InChI=1S/C18H20ClN5O5/c1-23(10-5-9(19)3-4-11(10)28-2)16-13-17(21-7-20-16)24(8-22-13)18-15(27)14(26)12(6-25)29-18/h3-5,7-8,12,14-15,18,25-27H,6H2,1-2H3/t12-,14-,15-,18-/m1/s1. The summed E-state index contributed by atoms with van der Waals surface area (Å²) in [5, 5.41) is 30.2. The Labute approximate surface area is 170 Å². The molecule has 0 amide bonds. The van der Waals surface area contributed by atoms with E-state index in [2.05, 4.69) is 15.0 Å². The second-order valence-electron chi connectivity index (χ2n) is 6.63. The number of methoxy groups -OCH3 is 1. The second-order valence-corrected chi connectivity index (χ2v) is 7.06. The van der Waals surface area contributed by atoms with Gasteiger partial charge in [-0.05, 0) is 18.2 Å². The topological polar surface area (TPSA) is 126 Å². The molecule has 11 heteroatoms. The zero-order chi connectivity index (χ0) is 20.7. The SMILES string of the molecule is COc1ccc(Cl)cc1N(C)c1ncnc2c1ncn2[C@@H]1O[C@H](CO)[C@@H](O)[C@H]1O. The number of rotatable bonds is 5. The van der Waals surface area contributed by atoms with Crippen LogP contribution in [0.15, 0.2) is 30.9 Å². The number of ether oxygens (including phenoxy) is 2. The summed E-state index contributed by atoms with van der Waals surface area (Å²) in [6.45, 7) is -0.418. The second kappa shape index (κ2) is 7.73. The first-order valence-corrected chi connectivity index (χ1v) is 9.21. The summed E-state index contributed by atoms with van der Waals surface area (Å²) in [4.78, 5) is 14.8. The van der Waals surface area contributed by atoms with E-state index in [0.29, 0.717) is 33.4 Å². The van der Waals surface area contributed by atoms with Crippen LogP contribution in [0.4, 0.5) is 11.5 Å². The lowest BCUT2D eigenvalue weighted by Crippen LogP contribution is -2.33. The van der Waals surface area contributed by atoms with Crippen molar-refractivity contribution in [2.24, 2.45) is 0 Å². The fourth-order valence-electron chi connectivity index (χ4n) is 3.42. The van der Waals surface area contributed by atoms with Gasteiger partial charge in [-0.15, -0.1) is 0 Å². The Morgan fingerprint density at radius 2 is 2.03 bits per heavy atom. The summed E-state index contributed by atoms with van der Waals surface area (Å²) in [7, 11) is 3.36. The van der Waals surface area contributed by atoms with Crippen molar-refractivity contribution in [3.63, 3.8) is 0 Å². The van der Waals surface area contributed by atoms with E-state index in [1.807, 2.05) is 0 Å². The first-order valence-electron chi connectivity index (χ1n) is 8.83. The van der Waals surface area contributed by atoms with Crippen LogP contribution in [0.5, 0.6) is 5.75 Å². The number of hydrogen-bond donors (Lipinski definition) is 3. The molecule has 0 radical (unpaired) electrons. The third-order valence-electron chi connectivity index (χ3n) is 4.95. The number of aliphatic hydroxyl groups is 3. The minimum Gasteiger partial charge on any atom is -0.495 e. The molecular formula is C18H20ClN5O5. The molecular weight excluding hydrogens is 402 g/mol. The lowest BCUT2D eigenvalue weighted by atomic mass is 10.1. The van der Waals surface area contributed by atoms with Crippen molar-refractivity contribution in [2.75, 3.05) is 25.7 Å². The Morgan fingerprint density at radius 3 is 2.72 bits per heavy atom. The van der Waals surface area contributed by atoms with E-state index in [1.54, 1.807) is 37.3 Å². The minimum atomic E-state index is -1.24. The summed E-state index contributed by atoms with van der Waals surface area (Å²) >= 11 is 6.15. The van der Waals surface area contributed by atoms with Crippen molar-refractivity contribution in [1.29, 1.82) is 0 Å². The van der Waals surface area contributed by atoms with Gasteiger partial charge >= 0.3 is 0 Å². The van der Waals surface area contributed by atoms with Crippen LogP contribution in [-0.4, -0.2) is 73.9 Å². The summed E-state index contributed by atoms with van der Waals surface area (Å²) in [6, 6.07) is 5.23. The van der Waals surface area contributed by atoms with Gasteiger partial charge in [0.25, 0.3) is 0 Å². The highest BCUT2D eigenvalue weighted by molar-refractivity contribution is 6.31. The molecule has 0 saturated carbocycles. The van der Waals surface area contributed by atoms with Crippen molar-refractivity contribution in [1.82, 2.24) is 19.5 Å². The molecule has 1 fully saturated rings. The fourth-order valence-corrected chi connectivity index (χ4v) is 3.59. The number of anilines is 2. The van der Waals surface area contributed by atoms with Gasteiger partial charge < -0.3 is 29.7 Å². The molecule has 4 rings (SSSR count). The molecule has 0 aliphatic carbocycles. The van der Waals surface area contributed by atoms with Gasteiger partial charge in [0.1, 0.15) is 30.4 Å². The highest BCUT2D eigenvalue weighted by Gasteiger charge is 2.44. The van der Waals surface area contributed by atoms with Crippen LogP contribution in [0, 0.1) is 0 Å². The zero-order valence-corrected chi connectivity index (χ0v) is 16.4. The average Bonchev–Trinajstić information content (AvgIpc) is 3.28. The quantitative estimate of drug-likeness (QED) is 0.550. The van der Waals surface area contributed by atoms with Gasteiger partial charge in [0.15, 0.2) is 23.2 Å². The highest BCUT2D eigenvalue weighted by Crippen LogP contribution is 2.37. The van der Waals surface area contributed by atoms with Crippen molar-refractivity contribution < 1.29 is 24.8 Å². The van der Waals surface area contributed by atoms with E-state index in [4.69, 9.17) is 21.1 Å². The number of halogens is 1. The lowest BCUT2D eigenvalue weighted by Gasteiger charge is -2.21. The predicted octanol–water partition coefficient (Wildman–Crippen LogP) is 0.868. The van der Waals surface area contributed by atoms with Crippen LogP contribution in [0.3, 0.4) is 0 Å². The molecule has 29 heavy (non-hydrogen) atoms. The number of benzene rings is 1. The van der Waals surface area contributed by atoms with Gasteiger partial charge in [0, 0.05) is 12.1 Å². The molecule has 1 aromatic carbocycles. The van der Waals surface area contributed by atoms with Crippen molar-refractivity contribution in [3.05, 3.63) is 35.9 Å². The van der Waals surface area contributed by atoms with E-state index in [1.165, 1.54) is 17.2 Å². The molecule has 0 unspecified atom stereocenters. The summed E-state index contributed by atoms with van der Waals surface area (Å²) in [5.74, 6) is 1.09. The molecule has 154 valence electrons. The van der Waals surface area contributed by atoms with Crippen LogP contribution in [0.1, 0.15) is 6.23 Å². The molecule has 3 heterocycles. The normalized spacial score (nSPS) is 24.2. The Bertz CT molecular complexity index is 1030. The van der Waals surface area contributed by atoms with Crippen molar-refractivity contribution >= 4 is 34.3 Å². The molecule has 1 saturated heterocycles. The first-order chi connectivity index (χ1) is 14.0. The average molecular weight is 422 g/mol. The molecule has 3 N–H and O–H groups in total. The molecule has 10 nitrogen and oxygen atoms in total. The van der Waals surface area contributed by atoms with E-state index in [-0.39, 0.29) is 0 Å². The monoisotopic (exact) mass is 421 g/mol. The summed E-state index contributed by atoms with van der Waals surface area (Å²) < 4.78 is 12.5. The lowest BCUT2D eigenvalue weighted by molar-refractivity contribution is -0.0511.